The van der Waals surface area contributed by atoms with E-state index in [2.05, 4.69) is 12.2 Å². The Hall–Kier alpha value is -1.19. The first-order valence-electron chi connectivity index (χ1n) is 4.95. The molecule has 15 heavy (non-hydrogen) atoms. The highest BCUT2D eigenvalue weighted by Gasteiger charge is 2.29. The summed E-state index contributed by atoms with van der Waals surface area (Å²) in [4.78, 5) is 0. The maximum atomic E-state index is 12.2. The Balaban J connectivity index is 2.57. The summed E-state index contributed by atoms with van der Waals surface area (Å²) in [6.45, 7) is 2.86. The van der Waals surface area contributed by atoms with Crippen molar-refractivity contribution >= 4 is 5.69 Å². The fourth-order valence-corrected chi connectivity index (χ4v) is 1.19. The molecule has 1 aromatic carbocycles. The van der Waals surface area contributed by atoms with Gasteiger partial charge in [-0.25, -0.2) is 0 Å². The van der Waals surface area contributed by atoms with Crippen molar-refractivity contribution in [3.05, 3.63) is 29.8 Å². The van der Waals surface area contributed by atoms with Crippen LogP contribution in [0.25, 0.3) is 0 Å². The lowest BCUT2D eigenvalue weighted by atomic mass is 10.2. The molecule has 0 amide bonds. The Bertz CT molecular complexity index is 290. The number of anilines is 1. The molecule has 0 radical (unpaired) electrons. The number of nitrogens with one attached hydrogen (secondary N) is 1. The van der Waals surface area contributed by atoms with Crippen molar-refractivity contribution in [2.24, 2.45) is 0 Å². The summed E-state index contributed by atoms with van der Waals surface area (Å²) < 4.78 is 36.6. The normalized spacial score (nSPS) is 11.5. The molecule has 4 heteroatoms. The molecule has 0 bridgehead atoms. The van der Waals surface area contributed by atoms with Gasteiger partial charge >= 0.3 is 6.18 Å². The molecule has 0 aliphatic heterocycles. The van der Waals surface area contributed by atoms with Crippen molar-refractivity contribution < 1.29 is 13.2 Å². The Kier molecular flexibility index (Phi) is 4.00. The largest absolute Gasteiger partial charge is 0.416 e. The second-order valence-corrected chi connectivity index (χ2v) is 3.36. The zero-order valence-corrected chi connectivity index (χ0v) is 8.56. The molecule has 1 rings (SSSR count). The lowest BCUT2D eigenvalue weighted by molar-refractivity contribution is -0.137. The molecule has 0 saturated heterocycles. The van der Waals surface area contributed by atoms with Gasteiger partial charge in [0.1, 0.15) is 0 Å². The molecule has 1 aromatic rings. The van der Waals surface area contributed by atoms with Crippen molar-refractivity contribution in [1.29, 1.82) is 0 Å². The quantitative estimate of drug-likeness (QED) is 0.754. The number of halogens is 3. The molecule has 0 saturated carbocycles. The van der Waals surface area contributed by atoms with Gasteiger partial charge < -0.3 is 5.32 Å². The highest BCUT2D eigenvalue weighted by Crippen LogP contribution is 2.29. The van der Waals surface area contributed by atoms with Gasteiger partial charge in [0.2, 0.25) is 0 Å². The van der Waals surface area contributed by atoms with Crippen LogP contribution in [0.15, 0.2) is 24.3 Å². The smallest absolute Gasteiger partial charge is 0.385 e. The van der Waals surface area contributed by atoms with Gasteiger partial charge in [0.15, 0.2) is 0 Å². The average molecular weight is 217 g/mol. The molecule has 84 valence electrons. The number of hydrogen-bond donors (Lipinski definition) is 1. The van der Waals surface area contributed by atoms with E-state index in [-0.39, 0.29) is 0 Å². The monoisotopic (exact) mass is 217 g/mol. The number of rotatable bonds is 4. The number of hydrogen-bond acceptors (Lipinski definition) is 1. The van der Waals surface area contributed by atoms with E-state index >= 15 is 0 Å². The Morgan fingerprint density at radius 2 is 1.73 bits per heavy atom. The summed E-state index contributed by atoms with van der Waals surface area (Å²) in [7, 11) is 0. The SMILES string of the molecule is CCCCNc1ccc(C(F)(F)F)cc1. The molecule has 1 N–H and O–H groups in total. The highest BCUT2D eigenvalue weighted by molar-refractivity contribution is 5.44. The van der Waals surface area contributed by atoms with Crippen LogP contribution in [0, 0.1) is 0 Å². The van der Waals surface area contributed by atoms with E-state index in [4.69, 9.17) is 0 Å². The number of alkyl halides is 3. The van der Waals surface area contributed by atoms with Crippen LogP contribution in [0.3, 0.4) is 0 Å². The van der Waals surface area contributed by atoms with E-state index in [1.807, 2.05) is 0 Å². The topological polar surface area (TPSA) is 12.0 Å². The zero-order valence-electron chi connectivity index (χ0n) is 8.56. The van der Waals surface area contributed by atoms with Crippen LogP contribution >= 0.6 is 0 Å². The van der Waals surface area contributed by atoms with Crippen LogP contribution < -0.4 is 5.32 Å². The average Bonchev–Trinajstić information content (AvgIpc) is 2.18. The van der Waals surface area contributed by atoms with Crippen molar-refractivity contribution in [1.82, 2.24) is 0 Å². The first-order valence-corrected chi connectivity index (χ1v) is 4.95. The van der Waals surface area contributed by atoms with Crippen LogP contribution in [-0.4, -0.2) is 6.54 Å². The van der Waals surface area contributed by atoms with Gasteiger partial charge in [0, 0.05) is 12.2 Å². The summed E-state index contributed by atoms with van der Waals surface area (Å²) >= 11 is 0. The summed E-state index contributed by atoms with van der Waals surface area (Å²) in [5.74, 6) is 0. The van der Waals surface area contributed by atoms with Crippen molar-refractivity contribution in [3.8, 4) is 0 Å². The molecule has 0 heterocycles. The van der Waals surface area contributed by atoms with Crippen molar-refractivity contribution in [2.75, 3.05) is 11.9 Å². The first kappa shape index (κ1) is 11.9. The molecule has 0 aromatic heterocycles. The zero-order chi connectivity index (χ0) is 11.3. The van der Waals surface area contributed by atoms with Gasteiger partial charge in [0.05, 0.1) is 5.56 Å². The van der Waals surface area contributed by atoms with E-state index in [1.165, 1.54) is 12.1 Å². The molecule has 0 spiro atoms. The Labute approximate surface area is 87.3 Å². The predicted molar refractivity (Wildman–Crippen MR) is 54.8 cm³/mol. The van der Waals surface area contributed by atoms with E-state index in [1.54, 1.807) is 0 Å². The maximum absolute atomic E-state index is 12.2. The fraction of sp³-hybridized carbons (Fsp3) is 0.455. The summed E-state index contributed by atoms with van der Waals surface area (Å²) in [5.41, 5.74) is 0.125. The molecule has 1 nitrogen and oxygen atoms in total. The highest BCUT2D eigenvalue weighted by atomic mass is 19.4. The fourth-order valence-electron chi connectivity index (χ4n) is 1.19. The first-order chi connectivity index (χ1) is 7.04. The minimum Gasteiger partial charge on any atom is -0.385 e. The van der Waals surface area contributed by atoms with Crippen LogP contribution in [0.5, 0.6) is 0 Å². The summed E-state index contributed by atoms with van der Waals surface area (Å²) in [6, 6.07) is 5.10. The molecule has 0 unspecified atom stereocenters. The lowest BCUT2D eigenvalue weighted by Crippen LogP contribution is -2.05. The van der Waals surface area contributed by atoms with Crippen LogP contribution in [0.4, 0.5) is 18.9 Å². The third-order valence-corrected chi connectivity index (χ3v) is 2.07. The van der Waals surface area contributed by atoms with Gasteiger partial charge in [-0.15, -0.1) is 0 Å². The van der Waals surface area contributed by atoms with E-state index in [0.29, 0.717) is 0 Å². The predicted octanol–water partition coefficient (Wildman–Crippen LogP) is 3.92. The molecule has 0 aliphatic carbocycles. The Morgan fingerprint density at radius 1 is 1.13 bits per heavy atom. The lowest BCUT2D eigenvalue weighted by Gasteiger charge is -2.08. The summed E-state index contributed by atoms with van der Waals surface area (Å²) in [5, 5.41) is 3.06. The van der Waals surface area contributed by atoms with Gasteiger partial charge in [-0.2, -0.15) is 13.2 Å². The van der Waals surface area contributed by atoms with Crippen LogP contribution in [0.2, 0.25) is 0 Å². The second-order valence-electron chi connectivity index (χ2n) is 3.36. The number of unbranched alkanes of at least 4 members (excludes halogenated alkanes) is 1. The number of benzene rings is 1. The van der Waals surface area contributed by atoms with Crippen molar-refractivity contribution in [2.45, 2.75) is 25.9 Å². The third kappa shape index (κ3) is 3.81. The summed E-state index contributed by atoms with van der Waals surface area (Å²) in [6.07, 6.45) is -2.17. The standard InChI is InChI=1S/C11H14F3N/c1-2-3-8-15-10-6-4-9(5-7-10)11(12,13)14/h4-7,15H,2-3,8H2,1H3. The molecular weight excluding hydrogens is 203 g/mol. The molecule has 0 atom stereocenters. The van der Waals surface area contributed by atoms with Crippen LogP contribution in [-0.2, 0) is 6.18 Å². The van der Waals surface area contributed by atoms with Crippen molar-refractivity contribution in [3.63, 3.8) is 0 Å². The minimum absolute atomic E-state index is 0.608. The van der Waals surface area contributed by atoms with Gasteiger partial charge in [-0.3, -0.25) is 0 Å². The van der Waals surface area contributed by atoms with E-state index < -0.39 is 11.7 Å². The minimum atomic E-state index is -4.25. The van der Waals surface area contributed by atoms with Crippen LogP contribution in [0.1, 0.15) is 25.3 Å². The maximum Gasteiger partial charge on any atom is 0.416 e. The van der Waals surface area contributed by atoms with E-state index in [0.717, 1.165) is 37.2 Å². The van der Waals surface area contributed by atoms with Gasteiger partial charge in [-0.05, 0) is 30.7 Å². The van der Waals surface area contributed by atoms with Gasteiger partial charge in [-0.1, -0.05) is 13.3 Å². The Morgan fingerprint density at radius 3 is 2.20 bits per heavy atom. The molecule has 0 fully saturated rings. The van der Waals surface area contributed by atoms with E-state index in [9.17, 15) is 13.2 Å². The molecule has 0 aliphatic rings. The van der Waals surface area contributed by atoms with Gasteiger partial charge in [0.25, 0.3) is 0 Å². The molecular formula is C11H14F3N. The second kappa shape index (κ2) is 5.05. The third-order valence-electron chi connectivity index (χ3n) is 2.07.